The molecule has 0 unspecified atom stereocenters. The number of aromatic nitrogens is 2. The molecule has 0 saturated heterocycles. The molecule has 5 heteroatoms. The number of aromatic hydroxyl groups is 1. The zero-order valence-corrected chi connectivity index (χ0v) is 9.97. The van der Waals surface area contributed by atoms with Crippen molar-refractivity contribution in [1.29, 1.82) is 0 Å². The second kappa shape index (κ2) is 4.33. The van der Waals surface area contributed by atoms with Crippen molar-refractivity contribution in [2.24, 2.45) is 0 Å². The number of para-hydroxylation sites is 1. The number of phenols is 1. The lowest BCUT2D eigenvalue weighted by Gasteiger charge is -2.02. The molecule has 0 spiro atoms. The van der Waals surface area contributed by atoms with E-state index < -0.39 is 0 Å². The summed E-state index contributed by atoms with van der Waals surface area (Å²) in [4.78, 5) is 4.37. The lowest BCUT2D eigenvalue weighted by Crippen LogP contribution is -1.94. The van der Waals surface area contributed by atoms with Crippen LogP contribution in [0.2, 0.25) is 0 Å². The first-order chi connectivity index (χ1) is 8.75. The molecule has 1 aliphatic rings. The average Bonchev–Trinajstić information content (AvgIpc) is 3.01. The molecule has 3 rings (SSSR count). The quantitative estimate of drug-likeness (QED) is 0.627. The second-order valence-corrected chi connectivity index (χ2v) is 4.68. The van der Waals surface area contributed by atoms with Gasteiger partial charge in [-0.3, -0.25) is 0 Å². The van der Waals surface area contributed by atoms with Crippen LogP contribution in [0.25, 0.3) is 11.5 Å². The van der Waals surface area contributed by atoms with Gasteiger partial charge in [0.15, 0.2) is 11.6 Å². The van der Waals surface area contributed by atoms with E-state index in [1.165, 1.54) is 12.8 Å². The molecule has 0 bridgehead atoms. The molecule has 0 amide bonds. The molecule has 0 radical (unpaired) electrons. The van der Waals surface area contributed by atoms with E-state index in [1.807, 2.05) is 0 Å². The van der Waals surface area contributed by atoms with Crippen LogP contribution in [0.15, 0.2) is 22.7 Å². The Labute approximate surface area is 105 Å². The van der Waals surface area contributed by atoms with Gasteiger partial charge in [-0.1, -0.05) is 24.1 Å². The number of nitrogens with zero attached hydrogens (tertiary/aromatic N) is 2. The van der Waals surface area contributed by atoms with Gasteiger partial charge in [0.25, 0.3) is 5.89 Å². The molecule has 1 aromatic carbocycles. The summed E-state index contributed by atoms with van der Waals surface area (Å²) in [6.07, 6.45) is 4.67. The van der Waals surface area contributed by atoms with Crippen molar-refractivity contribution in [1.82, 2.24) is 10.1 Å². The number of nitrogens with two attached hydrogens (primary N) is 1. The lowest BCUT2D eigenvalue weighted by molar-refractivity contribution is 0.412. The molecular formula is C13H15N3O2. The third kappa shape index (κ3) is 1.81. The molecule has 1 aromatic heterocycles. The Kier molecular flexibility index (Phi) is 2.66. The third-order valence-corrected chi connectivity index (χ3v) is 3.46. The van der Waals surface area contributed by atoms with Gasteiger partial charge < -0.3 is 15.4 Å². The van der Waals surface area contributed by atoms with Gasteiger partial charge in [-0.2, -0.15) is 4.98 Å². The van der Waals surface area contributed by atoms with Crippen LogP contribution in [0.4, 0.5) is 5.69 Å². The van der Waals surface area contributed by atoms with E-state index in [4.69, 9.17) is 10.3 Å². The van der Waals surface area contributed by atoms with E-state index in [9.17, 15) is 5.11 Å². The fraction of sp³-hybridized carbons (Fsp3) is 0.385. The molecule has 1 saturated carbocycles. The van der Waals surface area contributed by atoms with Gasteiger partial charge >= 0.3 is 0 Å². The third-order valence-electron chi connectivity index (χ3n) is 3.46. The molecule has 3 N–H and O–H groups in total. The van der Waals surface area contributed by atoms with Gasteiger partial charge in [0.2, 0.25) is 0 Å². The summed E-state index contributed by atoms with van der Waals surface area (Å²) in [5, 5.41) is 13.9. The summed E-state index contributed by atoms with van der Waals surface area (Å²) in [5.41, 5.74) is 6.45. The molecule has 0 atom stereocenters. The van der Waals surface area contributed by atoms with Crippen LogP contribution < -0.4 is 5.73 Å². The van der Waals surface area contributed by atoms with Crippen LogP contribution in [0, 0.1) is 0 Å². The monoisotopic (exact) mass is 245 g/mol. The minimum Gasteiger partial charge on any atom is -0.505 e. The van der Waals surface area contributed by atoms with Crippen LogP contribution in [-0.2, 0) is 0 Å². The second-order valence-electron chi connectivity index (χ2n) is 4.68. The van der Waals surface area contributed by atoms with E-state index in [-0.39, 0.29) is 5.75 Å². The standard InChI is InChI=1S/C13H15N3O2/c14-10-7-3-6-9(11(10)17)13-15-12(16-18-13)8-4-1-2-5-8/h3,6-8,17H,1-2,4-5,14H2. The van der Waals surface area contributed by atoms with Gasteiger partial charge in [0.05, 0.1) is 11.3 Å². The minimum atomic E-state index is -0.000813. The van der Waals surface area contributed by atoms with Crippen LogP contribution in [0.1, 0.15) is 37.4 Å². The highest BCUT2D eigenvalue weighted by molar-refractivity contribution is 5.71. The molecule has 5 nitrogen and oxygen atoms in total. The number of phenolic OH excluding ortho intramolecular Hbond substituents is 1. The zero-order valence-electron chi connectivity index (χ0n) is 9.97. The number of nitrogen functional groups attached to an aromatic ring is 1. The van der Waals surface area contributed by atoms with Crippen molar-refractivity contribution >= 4 is 5.69 Å². The first-order valence-corrected chi connectivity index (χ1v) is 6.17. The number of hydrogen-bond donors (Lipinski definition) is 2. The smallest absolute Gasteiger partial charge is 0.261 e. The van der Waals surface area contributed by atoms with Gasteiger partial charge in [0.1, 0.15) is 0 Å². The molecule has 1 fully saturated rings. The van der Waals surface area contributed by atoms with E-state index in [0.29, 0.717) is 23.1 Å². The van der Waals surface area contributed by atoms with Crippen LogP contribution in [-0.4, -0.2) is 15.2 Å². The maximum absolute atomic E-state index is 9.87. The van der Waals surface area contributed by atoms with E-state index in [1.54, 1.807) is 18.2 Å². The Morgan fingerprint density at radius 2 is 2.06 bits per heavy atom. The molecule has 1 aliphatic carbocycles. The van der Waals surface area contributed by atoms with Crippen LogP contribution >= 0.6 is 0 Å². The Bertz CT molecular complexity index is 559. The van der Waals surface area contributed by atoms with Crippen molar-refractivity contribution in [3.05, 3.63) is 24.0 Å². The number of benzene rings is 1. The van der Waals surface area contributed by atoms with Gasteiger partial charge in [-0.25, -0.2) is 0 Å². The van der Waals surface area contributed by atoms with Gasteiger partial charge in [-0.15, -0.1) is 0 Å². The Hall–Kier alpha value is -2.04. The summed E-state index contributed by atoms with van der Waals surface area (Å²) < 4.78 is 5.22. The van der Waals surface area contributed by atoms with Crippen LogP contribution in [0.5, 0.6) is 5.75 Å². The zero-order chi connectivity index (χ0) is 12.5. The maximum Gasteiger partial charge on any atom is 0.261 e. The lowest BCUT2D eigenvalue weighted by atomic mass is 10.1. The Balaban J connectivity index is 1.95. The SMILES string of the molecule is Nc1cccc(-c2nc(C3CCCC3)no2)c1O. The maximum atomic E-state index is 9.87. The largest absolute Gasteiger partial charge is 0.505 e. The number of hydrogen-bond acceptors (Lipinski definition) is 5. The highest BCUT2D eigenvalue weighted by atomic mass is 16.5. The van der Waals surface area contributed by atoms with Crippen molar-refractivity contribution in [2.45, 2.75) is 31.6 Å². The molecular weight excluding hydrogens is 230 g/mol. The fourth-order valence-corrected chi connectivity index (χ4v) is 2.43. The average molecular weight is 245 g/mol. The predicted molar refractivity (Wildman–Crippen MR) is 67.0 cm³/mol. The normalized spacial score (nSPS) is 16.2. The van der Waals surface area contributed by atoms with Crippen molar-refractivity contribution in [3.8, 4) is 17.2 Å². The summed E-state index contributed by atoms with van der Waals surface area (Å²) in [7, 11) is 0. The van der Waals surface area contributed by atoms with E-state index in [2.05, 4.69) is 10.1 Å². The number of rotatable bonds is 2. The molecule has 94 valence electrons. The van der Waals surface area contributed by atoms with Gasteiger partial charge in [-0.05, 0) is 25.0 Å². The highest BCUT2D eigenvalue weighted by Gasteiger charge is 2.23. The first kappa shape index (κ1) is 11.1. The summed E-state index contributed by atoms with van der Waals surface area (Å²) in [6, 6.07) is 5.11. The molecule has 1 heterocycles. The van der Waals surface area contributed by atoms with Gasteiger partial charge in [0, 0.05) is 5.92 Å². The topological polar surface area (TPSA) is 85.2 Å². The van der Waals surface area contributed by atoms with E-state index >= 15 is 0 Å². The van der Waals surface area contributed by atoms with Crippen molar-refractivity contribution < 1.29 is 9.63 Å². The highest BCUT2D eigenvalue weighted by Crippen LogP contribution is 2.36. The number of anilines is 1. The summed E-state index contributed by atoms with van der Waals surface area (Å²) in [5.74, 6) is 1.47. The molecule has 2 aromatic rings. The fourth-order valence-electron chi connectivity index (χ4n) is 2.43. The molecule has 18 heavy (non-hydrogen) atoms. The predicted octanol–water partition coefficient (Wildman–Crippen LogP) is 2.68. The summed E-state index contributed by atoms with van der Waals surface area (Å²) in [6.45, 7) is 0. The first-order valence-electron chi connectivity index (χ1n) is 6.17. The Morgan fingerprint density at radius 1 is 1.28 bits per heavy atom. The van der Waals surface area contributed by atoms with E-state index in [0.717, 1.165) is 18.7 Å². The molecule has 0 aliphatic heterocycles. The van der Waals surface area contributed by atoms with Crippen molar-refractivity contribution in [2.75, 3.05) is 5.73 Å². The minimum absolute atomic E-state index is 0.000813. The summed E-state index contributed by atoms with van der Waals surface area (Å²) >= 11 is 0. The van der Waals surface area contributed by atoms with Crippen LogP contribution in [0.3, 0.4) is 0 Å². The van der Waals surface area contributed by atoms with Crippen molar-refractivity contribution in [3.63, 3.8) is 0 Å². The Morgan fingerprint density at radius 3 is 2.83 bits per heavy atom.